The van der Waals surface area contributed by atoms with Gasteiger partial charge >= 0.3 is 0 Å². The Bertz CT molecular complexity index is 573. The normalized spacial score (nSPS) is 12.4. The van der Waals surface area contributed by atoms with E-state index in [0.29, 0.717) is 18.9 Å². The lowest BCUT2D eigenvalue weighted by Crippen LogP contribution is -2.27. The van der Waals surface area contributed by atoms with Gasteiger partial charge in [-0.3, -0.25) is 9.48 Å². The van der Waals surface area contributed by atoms with Gasteiger partial charge < -0.3 is 5.32 Å². The highest BCUT2D eigenvalue weighted by atomic mass is 16.1. The third kappa shape index (κ3) is 5.02. The molecule has 0 bridgehead atoms. The molecule has 2 rings (SSSR count). The molecule has 1 heterocycles. The smallest absolute Gasteiger partial charge is 0.222 e. The van der Waals surface area contributed by atoms with Gasteiger partial charge in [0.25, 0.3) is 0 Å². The Morgan fingerprint density at radius 3 is 2.55 bits per heavy atom. The molecule has 0 aliphatic carbocycles. The van der Waals surface area contributed by atoms with Gasteiger partial charge in [-0.2, -0.15) is 5.10 Å². The number of nitrogens with one attached hydrogen (secondary N) is 1. The zero-order chi connectivity index (χ0) is 15.9. The van der Waals surface area contributed by atoms with Crippen molar-refractivity contribution >= 4 is 5.91 Å². The predicted molar refractivity (Wildman–Crippen MR) is 88.4 cm³/mol. The van der Waals surface area contributed by atoms with Crippen molar-refractivity contribution in [3.05, 3.63) is 53.9 Å². The summed E-state index contributed by atoms with van der Waals surface area (Å²) in [5, 5.41) is 7.13. The van der Waals surface area contributed by atoms with Crippen LogP contribution in [0.5, 0.6) is 0 Å². The highest BCUT2D eigenvalue weighted by molar-refractivity contribution is 5.76. The number of amides is 1. The van der Waals surface area contributed by atoms with Crippen LogP contribution in [0.4, 0.5) is 0 Å². The van der Waals surface area contributed by atoms with E-state index < -0.39 is 0 Å². The van der Waals surface area contributed by atoms with E-state index in [1.165, 1.54) is 5.56 Å². The molecule has 0 fully saturated rings. The number of rotatable bonds is 7. The molecule has 1 aromatic carbocycles. The zero-order valence-corrected chi connectivity index (χ0v) is 13.6. The Hall–Kier alpha value is -2.10. The van der Waals surface area contributed by atoms with Crippen molar-refractivity contribution in [3.8, 4) is 0 Å². The van der Waals surface area contributed by atoms with E-state index in [2.05, 4.69) is 48.5 Å². The second-order valence-electron chi connectivity index (χ2n) is 6.15. The molecule has 0 aliphatic rings. The average molecular weight is 299 g/mol. The minimum Gasteiger partial charge on any atom is -0.350 e. The number of aromatic nitrogens is 2. The van der Waals surface area contributed by atoms with Gasteiger partial charge in [-0.15, -0.1) is 0 Å². The lowest BCUT2D eigenvalue weighted by molar-refractivity contribution is -0.122. The number of hydrogen-bond acceptors (Lipinski definition) is 2. The van der Waals surface area contributed by atoms with E-state index in [-0.39, 0.29) is 11.9 Å². The topological polar surface area (TPSA) is 46.9 Å². The van der Waals surface area contributed by atoms with Crippen LogP contribution in [0.3, 0.4) is 0 Å². The molecular formula is C18H25N3O. The summed E-state index contributed by atoms with van der Waals surface area (Å²) in [7, 11) is 0. The molecular weight excluding hydrogens is 274 g/mol. The molecule has 1 N–H and O–H groups in total. The fourth-order valence-electron chi connectivity index (χ4n) is 2.46. The molecule has 22 heavy (non-hydrogen) atoms. The summed E-state index contributed by atoms with van der Waals surface area (Å²) in [6, 6.07) is 10.4. The minimum atomic E-state index is 0.0261. The summed E-state index contributed by atoms with van der Waals surface area (Å²) in [4.78, 5) is 12.0. The Morgan fingerprint density at radius 1 is 1.23 bits per heavy atom. The van der Waals surface area contributed by atoms with E-state index in [4.69, 9.17) is 0 Å². The zero-order valence-electron chi connectivity index (χ0n) is 13.6. The number of benzene rings is 1. The molecule has 0 aliphatic heterocycles. The van der Waals surface area contributed by atoms with Crippen LogP contribution in [-0.4, -0.2) is 15.7 Å². The number of carbonyl (C=O) groups excluding carboxylic acids is 1. The summed E-state index contributed by atoms with van der Waals surface area (Å²) in [5.74, 6) is 0.708. The van der Waals surface area contributed by atoms with Crippen LogP contribution in [0.1, 0.15) is 44.4 Å². The van der Waals surface area contributed by atoms with Gasteiger partial charge in [0.15, 0.2) is 0 Å². The summed E-state index contributed by atoms with van der Waals surface area (Å²) < 4.78 is 1.77. The van der Waals surface area contributed by atoms with Gasteiger partial charge in [-0.05, 0) is 36.5 Å². The van der Waals surface area contributed by atoms with Crippen molar-refractivity contribution in [1.29, 1.82) is 0 Å². The Kier molecular flexibility index (Phi) is 5.75. The minimum absolute atomic E-state index is 0.0261. The van der Waals surface area contributed by atoms with Gasteiger partial charge in [0.2, 0.25) is 5.91 Å². The predicted octanol–water partition coefficient (Wildman–Crippen LogP) is 3.35. The fourth-order valence-corrected chi connectivity index (χ4v) is 2.46. The van der Waals surface area contributed by atoms with E-state index in [1.807, 2.05) is 19.2 Å². The lowest BCUT2D eigenvalue weighted by Gasteiger charge is -2.15. The molecule has 0 saturated carbocycles. The van der Waals surface area contributed by atoms with Crippen LogP contribution in [0, 0.1) is 5.92 Å². The molecule has 0 saturated heterocycles. The van der Waals surface area contributed by atoms with Gasteiger partial charge in [-0.1, -0.05) is 38.1 Å². The SMILES string of the molecule is CC(C)Cc1ccc(C(C)NC(=O)CCn2cccn2)cc1. The van der Waals surface area contributed by atoms with Crippen LogP contribution in [0.2, 0.25) is 0 Å². The molecule has 1 atom stereocenters. The second kappa shape index (κ2) is 7.78. The largest absolute Gasteiger partial charge is 0.350 e. The van der Waals surface area contributed by atoms with Crippen molar-refractivity contribution in [2.75, 3.05) is 0 Å². The van der Waals surface area contributed by atoms with Crippen molar-refractivity contribution in [3.63, 3.8) is 0 Å². The molecule has 1 amide bonds. The van der Waals surface area contributed by atoms with E-state index in [9.17, 15) is 4.79 Å². The van der Waals surface area contributed by atoms with Crippen LogP contribution in [0.15, 0.2) is 42.7 Å². The standard InChI is InChI=1S/C18H25N3O/c1-14(2)13-16-5-7-17(8-6-16)15(3)20-18(22)9-12-21-11-4-10-19-21/h4-8,10-11,14-15H,9,12-13H2,1-3H3,(H,20,22). The van der Waals surface area contributed by atoms with Crippen LogP contribution >= 0.6 is 0 Å². The maximum absolute atomic E-state index is 12.0. The summed E-state index contributed by atoms with van der Waals surface area (Å²) in [6.45, 7) is 7.06. The molecule has 1 aromatic heterocycles. The highest BCUT2D eigenvalue weighted by Gasteiger charge is 2.10. The molecule has 0 spiro atoms. The number of nitrogens with zero attached hydrogens (tertiary/aromatic N) is 2. The number of hydrogen-bond donors (Lipinski definition) is 1. The molecule has 4 heteroatoms. The molecule has 4 nitrogen and oxygen atoms in total. The first-order valence-electron chi connectivity index (χ1n) is 7.90. The quantitative estimate of drug-likeness (QED) is 0.852. The molecule has 0 radical (unpaired) electrons. The van der Waals surface area contributed by atoms with Gasteiger partial charge in [0.05, 0.1) is 6.04 Å². The number of carbonyl (C=O) groups is 1. The van der Waals surface area contributed by atoms with Crippen molar-refractivity contribution in [1.82, 2.24) is 15.1 Å². The van der Waals surface area contributed by atoms with Crippen molar-refractivity contribution in [2.45, 2.75) is 46.2 Å². The maximum Gasteiger partial charge on any atom is 0.222 e. The third-order valence-electron chi connectivity index (χ3n) is 3.63. The maximum atomic E-state index is 12.0. The summed E-state index contributed by atoms with van der Waals surface area (Å²) in [6.07, 6.45) is 5.12. The van der Waals surface area contributed by atoms with E-state index in [1.54, 1.807) is 10.9 Å². The molecule has 118 valence electrons. The number of aryl methyl sites for hydroxylation is 1. The molecule has 1 unspecified atom stereocenters. The first-order valence-corrected chi connectivity index (χ1v) is 7.90. The highest BCUT2D eigenvalue weighted by Crippen LogP contribution is 2.15. The average Bonchev–Trinajstić information content (AvgIpc) is 2.98. The molecule has 2 aromatic rings. The third-order valence-corrected chi connectivity index (χ3v) is 3.63. The first kappa shape index (κ1) is 16.3. The van der Waals surface area contributed by atoms with Crippen molar-refractivity contribution in [2.24, 2.45) is 5.92 Å². The summed E-state index contributed by atoms with van der Waals surface area (Å²) >= 11 is 0. The van der Waals surface area contributed by atoms with Crippen LogP contribution < -0.4 is 5.32 Å². The Morgan fingerprint density at radius 2 is 1.95 bits per heavy atom. The van der Waals surface area contributed by atoms with Crippen LogP contribution in [-0.2, 0) is 17.8 Å². The first-order chi connectivity index (χ1) is 10.5. The van der Waals surface area contributed by atoms with Gasteiger partial charge in [0, 0.05) is 25.4 Å². The Labute approximate surface area is 132 Å². The fraction of sp³-hybridized carbons (Fsp3) is 0.444. The van der Waals surface area contributed by atoms with Crippen molar-refractivity contribution < 1.29 is 4.79 Å². The van der Waals surface area contributed by atoms with Crippen LogP contribution in [0.25, 0.3) is 0 Å². The summed E-state index contributed by atoms with van der Waals surface area (Å²) in [5.41, 5.74) is 2.48. The van der Waals surface area contributed by atoms with Gasteiger partial charge in [-0.25, -0.2) is 0 Å². The monoisotopic (exact) mass is 299 g/mol. The van der Waals surface area contributed by atoms with E-state index >= 15 is 0 Å². The van der Waals surface area contributed by atoms with Gasteiger partial charge in [0.1, 0.15) is 0 Å². The van der Waals surface area contributed by atoms with E-state index in [0.717, 1.165) is 12.0 Å². The second-order valence-corrected chi connectivity index (χ2v) is 6.15. The lowest BCUT2D eigenvalue weighted by atomic mass is 10.00. The Balaban J connectivity index is 1.83.